The Balaban J connectivity index is 4.11. The van der Waals surface area contributed by atoms with Crippen molar-refractivity contribution in [1.82, 2.24) is 5.32 Å². The molecule has 90 valence electrons. The molecule has 4 N–H and O–H groups in total. The van der Waals surface area contributed by atoms with E-state index in [1.54, 1.807) is 6.92 Å². The van der Waals surface area contributed by atoms with E-state index in [0.29, 0.717) is 13.1 Å². The Morgan fingerprint density at radius 2 is 2.00 bits per heavy atom. The first kappa shape index (κ1) is 14.4. The maximum absolute atomic E-state index is 11.7. The Bertz CT molecular complexity index is 197. The molecular formula is C11H24N2O2. The molecule has 2 atom stereocenters. The fraction of sp³-hybridized carbons (Fsp3) is 0.909. The van der Waals surface area contributed by atoms with Crippen molar-refractivity contribution in [3.63, 3.8) is 0 Å². The second-order valence-corrected chi connectivity index (χ2v) is 5.29. The van der Waals surface area contributed by atoms with Gasteiger partial charge in [0.1, 0.15) is 0 Å². The van der Waals surface area contributed by atoms with Crippen molar-refractivity contribution in [2.75, 3.05) is 13.1 Å². The maximum Gasteiger partial charge on any atom is 0.224 e. The fourth-order valence-electron chi connectivity index (χ4n) is 1.41. The van der Waals surface area contributed by atoms with Gasteiger partial charge < -0.3 is 16.2 Å². The molecule has 0 aromatic carbocycles. The molecule has 4 nitrogen and oxygen atoms in total. The number of aliphatic hydroxyl groups excluding tert-OH is 1. The molecule has 0 heterocycles. The zero-order valence-corrected chi connectivity index (χ0v) is 10.2. The number of nitrogens with one attached hydrogen (secondary N) is 1. The molecular weight excluding hydrogens is 192 g/mol. The summed E-state index contributed by atoms with van der Waals surface area (Å²) in [5, 5.41) is 11.7. The van der Waals surface area contributed by atoms with Crippen molar-refractivity contribution < 1.29 is 9.90 Å². The van der Waals surface area contributed by atoms with Crippen LogP contribution in [0.15, 0.2) is 0 Å². The minimum Gasteiger partial charge on any atom is -0.392 e. The van der Waals surface area contributed by atoms with Gasteiger partial charge >= 0.3 is 0 Å². The van der Waals surface area contributed by atoms with E-state index in [2.05, 4.69) is 26.1 Å². The maximum atomic E-state index is 11.7. The molecule has 4 heteroatoms. The van der Waals surface area contributed by atoms with Crippen LogP contribution >= 0.6 is 0 Å². The third-order valence-electron chi connectivity index (χ3n) is 2.09. The van der Waals surface area contributed by atoms with Crippen LogP contribution in [0.4, 0.5) is 0 Å². The number of rotatable bonds is 5. The van der Waals surface area contributed by atoms with Crippen LogP contribution in [0.2, 0.25) is 0 Å². The highest BCUT2D eigenvalue weighted by Gasteiger charge is 2.23. The molecule has 2 unspecified atom stereocenters. The molecule has 0 spiro atoms. The van der Waals surface area contributed by atoms with Crippen molar-refractivity contribution in [1.29, 1.82) is 0 Å². The van der Waals surface area contributed by atoms with Gasteiger partial charge in [-0.25, -0.2) is 0 Å². The van der Waals surface area contributed by atoms with E-state index < -0.39 is 6.10 Å². The van der Waals surface area contributed by atoms with E-state index in [4.69, 9.17) is 10.8 Å². The Morgan fingerprint density at radius 1 is 1.47 bits per heavy atom. The van der Waals surface area contributed by atoms with Crippen molar-refractivity contribution in [3.8, 4) is 0 Å². The summed E-state index contributed by atoms with van der Waals surface area (Å²) in [6.07, 6.45) is 0.247. The Labute approximate surface area is 92.2 Å². The van der Waals surface area contributed by atoms with Gasteiger partial charge in [-0.15, -0.1) is 0 Å². The third kappa shape index (κ3) is 7.33. The summed E-state index contributed by atoms with van der Waals surface area (Å²) in [7, 11) is 0. The average molecular weight is 216 g/mol. The monoisotopic (exact) mass is 216 g/mol. The minimum absolute atomic E-state index is 0.0617. The quantitative estimate of drug-likeness (QED) is 0.626. The van der Waals surface area contributed by atoms with Gasteiger partial charge in [0.25, 0.3) is 0 Å². The topological polar surface area (TPSA) is 75.3 Å². The van der Waals surface area contributed by atoms with Crippen LogP contribution in [0.1, 0.15) is 34.1 Å². The molecule has 15 heavy (non-hydrogen) atoms. The van der Waals surface area contributed by atoms with E-state index in [0.717, 1.165) is 6.42 Å². The lowest BCUT2D eigenvalue weighted by molar-refractivity contribution is -0.126. The zero-order valence-electron chi connectivity index (χ0n) is 10.2. The van der Waals surface area contributed by atoms with E-state index in [1.165, 1.54) is 0 Å². The van der Waals surface area contributed by atoms with Crippen LogP contribution in [-0.4, -0.2) is 30.2 Å². The van der Waals surface area contributed by atoms with Crippen LogP contribution in [0.25, 0.3) is 0 Å². The van der Waals surface area contributed by atoms with E-state index in [1.807, 2.05) is 0 Å². The lowest BCUT2D eigenvalue weighted by Crippen LogP contribution is -2.39. The summed E-state index contributed by atoms with van der Waals surface area (Å²) in [5.74, 6) is -0.225. The van der Waals surface area contributed by atoms with E-state index in [9.17, 15) is 4.79 Å². The second kappa shape index (κ2) is 6.08. The molecule has 0 fully saturated rings. The first-order valence-corrected chi connectivity index (χ1v) is 5.42. The SMILES string of the molecule is CC(O)CNC(=O)C(CN)CC(C)(C)C. The molecule has 0 aromatic heterocycles. The first-order chi connectivity index (χ1) is 6.76. The number of amides is 1. The number of aliphatic hydroxyl groups is 1. The molecule has 0 saturated carbocycles. The van der Waals surface area contributed by atoms with Gasteiger partial charge in [0.15, 0.2) is 0 Å². The van der Waals surface area contributed by atoms with Crippen LogP contribution in [0.5, 0.6) is 0 Å². The number of carbonyl (C=O) groups excluding carboxylic acids is 1. The predicted molar refractivity (Wildman–Crippen MR) is 61.3 cm³/mol. The molecule has 0 radical (unpaired) electrons. The predicted octanol–water partition coefficient (Wildman–Crippen LogP) is 0.494. The van der Waals surface area contributed by atoms with Crippen LogP contribution in [0, 0.1) is 11.3 Å². The highest BCUT2D eigenvalue weighted by molar-refractivity contribution is 5.78. The molecule has 1 amide bonds. The Morgan fingerprint density at radius 3 is 2.33 bits per heavy atom. The molecule has 0 aliphatic rings. The van der Waals surface area contributed by atoms with E-state index >= 15 is 0 Å². The summed E-state index contributed by atoms with van der Waals surface area (Å²) in [6, 6.07) is 0. The molecule has 0 aliphatic heterocycles. The Kier molecular flexibility index (Phi) is 5.83. The Hall–Kier alpha value is -0.610. The number of nitrogens with two attached hydrogens (primary N) is 1. The van der Waals surface area contributed by atoms with Gasteiger partial charge in [-0.3, -0.25) is 4.79 Å². The summed E-state index contributed by atoms with van der Waals surface area (Å²) < 4.78 is 0. The summed E-state index contributed by atoms with van der Waals surface area (Å²) in [4.78, 5) is 11.7. The van der Waals surface area contributed by atoms with Crippen molar-refractivity contribution in [3.05, 3.63) is 0 Å². The van der Waals surface area contributed by atoms with Gasteiger partial charge in [0.05, 0.1) is 12.0 Å². The lowest BCUT2D eigenvalue weighted by Gasteiger charge is -2.24. The second-order valence-electron chi connectivity index (χ2n) is 5.29. The molecule has 0 saturated heterocycles. The molecule has 0 bridgehead atoms. The van der Waals surface area contributed by atoms with Gasteiger partial charge in [-0.05, 0) is 18.8 Å². The smallest absolute Gasteiger partial charge is 0.224 e. The number of carbonyl (C=O) groups is 1. The van der Waals surface area contributed by atoms with Crippen LogP contribution < -0.4 is 11.1 Å². The van der Waals surface area contributed by atoms with Crippen LogP contribution in [0.3, 0.4) is 0 Å². The van der Waals surface area contributed by atoms with Gasteiger partial charge in [-0.2, -0.15) is 0 Å². The lowest BCUT2D eigenvalue weighted by atomic mass is 9.84. The van der Waals surface area contributed by atoms with Gasteiger partial charge in [-0.1, -0.05) is 20.8 Å². The number of hydrogen-bond acceptors (Lipinski definition) is 3. The normalized spacial score (nSPS) is 15.9. The summed E-state index contributed by atoms with van der Waals surface area (Å²) >= 11 is 0. The van der Waals surface area contributed by atoms with Gasteiger partial charge in [0.2, 0.25) is 5.91 Å². The highest BCUT2D eigenvalue weighted by atomic mass is 16.3. The first-order valence-electron chi connectivity index (χ1n) is 5.42. The fourth-order valence-corrected chi connectivity index (χ4v) is 1.41. The largest absolute Gasteiger partial charge is 0.392 e. The standard InChI is InChI=1S/C11H24N2O2/c1-8(14)7-13-10(15)9(6-12)5-11(2,3)4/h8-9,14H,5-7,12H2,1-4H3,(H,13,15). The summed E-state index contributed by atoms with van der Waals surface area (Å²) in [6.45, 7) is 8.52. The molecule has 0 rings (SSSR count). The van der Waals surface area contributed by atoms with Crippen molar-refractivity contribution >= 4 is 5.91 Å². The highest BCUT2D eigenvalue weighted by Crippen LogP contribution is 2.23. The van der Waals surface area contributed by atoms with E-state index in [-0.39, 0.29) is 17.2 Å². The van der Waals surface area contributed by atoms with Gasteiger partial charge in [0, 0.05) is 13.1 Å². The molecule has 0 aromatic rings. The summed E-state index contributed by atoms with van der Waals surface area (Å²) in [5.41, 5.74) is 5.65. The number of hydrogen-bond donors (Lipinski definition) is 3. The zero-order chi connectivity index (χ0) is 12.1. The van der Waals surface area contributed by atoms with Crippen molar-refractivity contribution in [2.45, 2.75) is 40.2 Å². The third-order valence-corrected chi connectivity index (χ3v) is 2.09. The minimum atomic E-state index is -0.512. The van der Waals surface area contributed by atoms with Crippen molar-refractivity contribution in [2.24, 2.45) is 17.1 Å². The average Bonchev–Trinajstić information content (AvgIpc) is 2.08. The molecule has 0 aliphatic carbocycles. The van der Waals surface area contributed by atoms with Crippen LogP contribution in [-0.2, 0) is 4.79 Å².